The molecule has 0 aromatic heterocycles. The molecule has 0 spiro atoms. The first-order valence-electron chi connectivity index (χ1n) is 5.82. The highest BCUT2D eigenvalue weighted by Gasteiger charge is 2.26. The standard InChI is InChI=1S/C13H15FN2O/c14-11-6-5-9(13(17)10(11)7-15)12(16)8-3-1-2-4-8/h5-6,8,12,17H,1-4,16H2/t12-/m1/s1. The van der Waals surface area contributed by atoms with Crippen LogP contribution in [0.4, 0.5) is 4.39 Å². The number of nitriles is 1. The summed E-state index contributed by atoms with van der Waals surface area (Å²) >= 11 is 0. The Morgan fingerprint density at radius 1 is 1.41 bits per heavy atom. The number of halogens is 1. The van der Waals surface area contributed by atoms with E-state index in [0.717, 1.165) is 25.7 Å². The molecule has 0 saturated heterocycles. The molecule has 0 heterocycles. The molecule has 1 fully saturated rings. The number of aromatic hydroxyl groups is 1. The minimum atomic E-state index is -0.702. The zero-order valence-electron chi connectivity index (χ0n) is 9.49. The first-order valence-corrected chi connectivity index (χ1v) is 5.82. The zero-order chi connectivity index (χ0) is 12.4. The fraction of sp³-hybridized carbons (Fsp3) is 0.462. The molecule has 4 heteroatoms. The van der Waals surface area contributed by atoms with Gasteiger partial charge < -0.3 is 10.8 Å². The summed E-state index contributed by atoms with van der Waals surface area (Å²) in [6.07, 6.45) is 4.34. The molecule has 3 nitrogen and oxygen atoms in total. The predicted molar refractivity (Wildman–Crippen MR) is 61.7 cm³/mol. The summed E-state index contributed by atoms with van der Waals surface area (Å²) in [6.45, 7) is 0. The largest absolute Gasteiger partial charge is 0.506 e. The average Bonchev–Trinajstić information content (AvgIpc) is 2.82. The third-order valence-corrected chi connectivity index (χ3v) is 3.54. The molecule has 1 aliphatic rings. The van der Waals surface area contributed by atoms with E-state index < -0.39 is 5.82 Å². The molecule has 3 N–H and O–H groups in total. The van der Waals surface area contributed by atoms with Gasteiger partial charge >= 0.3 is 0 Å². The SMILES string of the molecule is N#Cc1c(F)ccc([C@H](N)C2CCCC2)c1O. The van der Waals surface area contributed by atoms with Crippen LogP contribution in [0.1, 0.15) is 42.9 Å². The molecular weight excluding hydrogens is 219 g/mol. The van der Waals surface area contributed by atoms with Gasteiger partial charge in [-0.15, -0.1) is 0 Å². The molecule has 90 valence electrons. The van der Waals surface area contributed by atoms with E-state index in [1.807, 2.05) is 0 Å². The minimum Gasteiger partial charge on any atom is -0.506 e. The molecular formula is C13H15FN2O. The summed E-state index contributed by atoms with van der Waals surface area (Å²) in [5.74, 6) is -0.683. The van der Waals surface area contributed by atoms with Gasteiger partial charge in [-0.3, -0.25) is 0 Å². The van der Waals surface area contributed by atoms with Gasteiger partial charge in [0.15, 0.2) is 0 Å². The first-order chi connectivity index (χ1) is 8.15. The van der Waals surface area contributed by atoms with Gasteiger partial charge in [0, 0.05) is 11.6 Å². The number of phenolic OH excluding ortho intramolecular Hbond substituents is 1. The molecule has 17 heavy (non-hydrogen) atoms. The highest BCUT2D eigenvalue weighted by molar-refractivity contribution is 5.49. The molecule has 0 bridgehead atoms. The lowest BCUT2D eigenvalue weighted by molar-refractivity contribution is 0.408. The number of phenols is 1. The van der Waals surface area contributed by atoms with Crippen LogP contribution in [0.15, 0.2) is 12.1 Å². The van der Waals surface area contributed by atoms with Gasteiger partial charge in [-0.2, -0.15) is 5.26 Å². The van der Waals surface area contributed by atoms with Crippen LogP contribution in [0.5, 0.6) is 5.75 Å². The smallest absolute Gasteiger partial charge is 0.144 e. The Morgan fingerprint density at radius 2 is 2.06 bits per heavy atom. The van der Waals surface area contributed by atoms with E-state index in [-0.39, 0.29) is 17.4 Å². The topological polar surface area (TPSA) is 70.0 Å². The lowest BCUT2D eigenvalue weighted by Gasteiger charge is -2.20. The summed E-state index contributed by atoms with van der Waals surface area (Å²) in [4.78, 5) is 0. The minimum absolute atomic E-state index is 0.299. The van der Waals surface area contributed by atoms with Crippen molar-refractivity contribution in [1.82, 2.24) is 0 Å². The lowest BCUT2D eigenvalue weighted by atomic mass is 9.91. The summed E-state index contributed by atoms with van der Waals surface area (Å²) in [5.41, 5.74) is 6.25. The van der Waals surface area contributed by atoms with Crippen molar-refractivity contribution in [3.8, 4) is 11.8 Å². The van der Waals surface area contributed by atoms with E-state index in [4.69, 9.17) is 11.0 Å². The normalized spacial score (nSPS) is 17.9. The van der Waals surface area contributed by atoms with Crippen molar-refractivity contribution in [2.75, 3.05) is 0 Å². The maximum absolute atomic E-state index is 13.2. The molecule has 0 aliphatic heterocycles. The van der Waals surface area contributed by atoms with Crippen LogP contribution < -0.4 is 5.73 Å². The lowest BCUT2D eigenvalue weighted by Crippen LogP contribution is -2.19. The first kappa shape index (κ1) is 11.9. The van der Waals surface area contributed by atoms with Gasteiger partial charge in [0.25, 0.3) is 0 Å². The van der Waals surface area contributed by atoms with Crippen molar-refractivity contribution in [1.29, 1.82) is 5.26 Å². The van der Waals surface area contributed by atoms with E-state index in [0.29, 0.717) is 11.5 Å². The number of hydrogen-bond donors (Lipinski definition) is 2. The Hall–Kier alpha value is -1.60. The molecule has 1 aromatic rings. The van der Waals surface area contributed by atoms with Crippen molar-refractivity contribution >= 4 is 0 Å². The summed E-state index contributed by atoms with van der Waals surface area (Å²) in [7, 11) is 0. The highest BCUT2D eigenvalue weighted by Crippen LogP contribution is 2.38. The third-order valence-electron chi connectivity index (χ3n) is 3.54. The number of hydrogen-bond acceptors (Lipinski definition) is 3. The zero-order valence-corrected chi connectivity index (χ0v) is 9.49. The number of rotatable bonds is 2. The van der Waals surface area contributed by atoms with Gasteiger partial charge in [-0.05, 0) is 24.8 Å². The fourth-order valence-electron chi connectivity index (χ4n) is 2.53. The molecule has 0 unspecified atom stereocenters. The third kappa shape index (κ3) is 2.11. The van der Waals surface area contributed by atoms with E-state index in [9.17, 15) is 9.50 Å². The Morgan fingerprint density at radius 3 is 2.65 bits per heavy atom. The van der Waals surface area contributed by atoms with Crippen molar-refractivity contribution in [3.63, 3.8) is 0 Å². The number of nitrogens with two attached hydrogens (primary N) is 1. The van der Waals surface area contributed by atoms with Crippen LogP contribution in [0.2, 0.25) is 0 Å². The van der Waals surface area contributed by atoms with Gasteiger partial charge in [0.2, 0.25) is 0 Å². The van der Waals surface area contributed by atoms with Gasteiger partial charge in [-0.1, -0.05) is 18.9 Å². The average molecular weight is 234 g/mol. The van der Waals surface area contributed by atoms with Crippen LogP contribution in [-0.2, 0) is 0 Å². The second-order valence-corrected chi connectivity index (χ2v) is 4.54. The summed E-state index contributed by atoms with van der Waals surface area (Å²) in [6, 6.07) is 4.03. The predicted octanol–water partition coefficient (Wildman–Crippen LogP) is 2.59. The van der Waals surface area contributed by atoms with Gasteiger partial charge in [0.05, 0.1) is 0 Å². The van der Waals surface area contributed by atoms with E-state index in [2.05, 4.69) is 0 Å². The van der Waals surface area contributed by atoms with Gasteiger partial charge in [-0.25, -0.2) is 4.39 Å². The van der Waals surface area contributed by atoms with Crippen molar-refractivity contribution < 1.29 is 9.50 Å². The quantitative estimate of drug-likeness (QED) is 0.826. The molecule has 0 amide bonds. The van der Waals surface area contributed by atoms with Crippen LogP contribution in [-0.4, -0.2) is 5.11 Å². The molecule has 1 aromatic carbocycles. The van der Waals surface area contributed by atoms with Crippen molar-refractivity contribution in [2.45, 2.75) is 31.7 Å². The second kappa shape index (κ2) is 4.72. The van der Waals surface area contributed by atoms with E-state index >= 15 is 0 Å². The molecule has 1 saturated carbocycles. The van der Waals surface area contributed by atoms with Crippen LogP contribution in [0.3, 0.4) is 0 Å². The monoisotopic (exact) mass is 234 g/mol. The molecule has 2 rings (SSSR count). The highest BCUT2D eigenvalue weighted by atomic mass is 19.1. The van der Waals surface area contributed by atoms with Crippen LogP contribution in [0, 0.1) is 23.1 Å². The Balaban J connectivity index is 2.35. The van der Waals surface area contributed by atoms with Crippen LogP contribution >= 0.6 is 0 Å². The second-order valence-electron chi connectivity index (χ2n) is 4.54. The summed E-state index contributed by atoms with van der Waals surface area (Å²) in [5, 5.41) is 18.6. The van der Waals surface area contributed by atoms with E-state index in [1.165, 1.54) is 12.1 Å². The van der Waals surface area contributed by atoms with Crippen molar-refractivity contribution in [3.05, 3.63) is 29.1 Å². The van der Waals surface area contributed by atoms with Gasteiger partial charge in [0.1, 0.15) is 23.2 Å². The summed E-state index contributed by atoms with van der Waals surface area (Å²) < 4.78 is 13.2. The molecule has 0 radical (unpaired) electrons. The Bertz CT molecular complexity index is 461. The maximum Gasteiger partial charge on any atom is 0.144 e. The fourth-order valence-corrected chi connectivity index (χ4v) is 2.53. The number of nitrogens with zero attached hydrogens (tertiary/aromatic N) is 1. The van der Waals surface area contributed by atoms with Crippen LogP contribution in [0.25, 0.3) is 0 Å². The van der Waals surface area contributed by atoms with E-state index in [1.54, 1.807) is 6.07 Å². The van der Waals surface area contributed by atoms with Crippen molar-refractivity contribution in [2.24, 2.45) is 11.7 Å². The molecule has 1 aliphatic carbocycles. The maximum atomic E-state index is 13.2. The number of benzene rings is 1. The Labute approximate surface area is 99.7 Å². The Kier molecular flexibility index (Phi) is 3.30. The molecule has 1 atom stereocenters.